The van der Waals surface area contributed by atoms with Gasteiger partial charge in [0.1, 0.15) is 5.69 Å². The van der Waals surface area contributed by atoms with E-state index in [1.54, 1.807) is 18.3 Å². The Hall–Kier alpha value is -1.91. The second kappa shape index (κ2) is 6.90. The van der Waals surface area contributed by atoms with Crippen molar-refractivity contribution in [1.82, 2.24) is 15.2 Å². The molecule has 0 radical (unpaired) electrons. The summed E-state index contributed by atoms with van der Waals surface area (Å²) >= 11 is 5.89. The zero-order valence-electron chi connectivity index (χ0n) is 12.2. The Kier molecular flexibility index (Phi) is 4.71. The molecule has 0 bridgehead atoms. The van der Waals surface area contributed by atoms with E-state index in [2.05, 4.69) is 39.5 Å². The van der Waals surface area contributed by atoms with Crippen molar-refractivity contribution in [2.24, 2.45) is 0 Å². The monoisotopic (exact) mass is 315 g/mol. The molecule has 1 fully saturated rings. The maximum absolute atomic E-state index is 12.2. The van der Waals surface area contributed by atoms with Gasteiger partial charge in [0.15, 0.2) is 0 Å². The van der Waals surface area contributed by atoms with Crippen LogP contribution in [0.5, 0.6) is 0 Å². The van der Waals surface area contributed by atoms with Gasteiger partial charge >= 0.3 is 0 Å². The molecule has 1 aromatic heterocycles. The lowest BCUT2D eigenvalue weighted by atomic mass is 10.2. The van der Waals surface area contributed by atoms with Gasteiger partial charge < -0.3 is 5.32 Å². The molecule has 0 saturated carbocycles. The highest BCUT2D eigenvalue weighted by Crippen LogP contribution is 2.14. The summed E-state index contributed by atoms with van der Waals surface area (Å²) in [5, 5.41) is 3.56. The Morgan fingerprint density at radius 3 is 2.91 bits per heavy atom. The van der Waals surface area contributed by atoms with Gasteiger partial charge in [-0.1, -0.05) is 41.9 Å². The Labute approximate surface area is 135 Å². The summed E-state index contributed by atoms with van der Waals surface area (Å²) in [6, 6.07) is 13.8. The molecular weight excluding hydrogens is 298 g/mol. The van der Waals surface area contributed by atoms with Crippen molar-refractivity contribution in [3.05, 3.63) is 64.9 Å². The van der Waals surface area contributed by atoms with Crippen LogP contribution in [0.2, 0.25) is 5.02 Å². The first kappa shape index (κ1) is 15.0. The zero-order chi connectivity index (χ0) is 15.4. The summed E-state index contributed by atoms with van der Waals surface area (Å²) in [4.78, 5) is 18.6. The molecule has 1 aliphatic heterocycles. The summed E-state index contributed by atoms with van der Waals surface area (Å²) in [6.45, 7) is 2.77. The highest BCUT2D eigenvalue weighted by Gasteiger charge is 2.24. The molecule has 4 nitrogen and oxygen atoms in total. The van der Waals surface area contributed by atoms with Crippen LogP contribution in [0.3, 0.4) is 0 Å². The fourth-order valence-electron chi connectivity index (χ4n) is 2.72. The van der Waals surface area contributed by atoms with Crippen LogP contribution in [-0.4, -0.2) is 34.9 Å². The second-order valence-electron chi connectivity index (χ2n) is 5.54. The maximum Gasteiger partial charge on any atom is 0.270 e. The average molecular weight is 316 g/mol. The normalized spacial score (nSPS) is 18.3. The molecule has 1 atom stereocenters. The summed E-state index contributed by atoms with van der Waals surface area (Å²) in [6.07, 6.45) is 2.51. The smallest absolute Gasteiger partial charge is 0.270 e. The van der Waals surface area contributed by atoms with E-state index >= 15 is 0 Å². The lowest BCUT2D eigenvalue weighted by Crippen LogP contribution is -2.37. The first-order valence-electron chi connectivity index (χ1n) is 7.39. The highest BCUT2D eigenvalue weighted by atomic mass is 35.5. The molecule has 2 aromatic rings. The Balaban J connectivity index is 1.54. The number of aromatic nitrogens is 1. The van der Waals surface area contributed by atoms with Gasteiger partial charge in [0.25, 0.3) is 5.91 Å². The predicted octanol–water partition coefficient (Wildman–Crippen LogP) is 2.74. The second-order valence-corrected chi connectivity index (χ2v) is 5.98. The fraction of sp³-hybridized carbons (Fsp3) is 0.294. The van der Waals surface area contributed by atoms with Gasteiger partial charge in [0.05, 0.1) is 0 Å². The third-order valence-corrected chi connectivity index (χ3v) is 4.05. The Morgan fingerprint density at radius 2 is 2.14 bits per heavy atom. The molecule has 0 spiro atoms. The van der Waals surface area contributed by atoms with Crippen LogP contribution >= 0.6 is 11.6 Å². The lowest BCUT2D eigenvalue weighted by molar-refractivity contribution is 0.0932. The van der Waals surface area contributed by atoms with Crippen molar-refractivity contribution < 1.29 is 4.79 Å². The standard InChI is InChI=1S/C17H18ClN3O/c18-14-6-8-19-16(10-14)17(22)20-15-7-9-21(12-15)11-13-4-2-1-3-5-13/h1-6,8,10,15H,7,9,11-12H2,(H,20,22)/t15-/m0/s1. The van der Waals surface area contributed by atoms with E-state index in [0.717, 1.165) is 26.1 Å². The summed E-state index contributed by atoms with van der Waals surface area (Å²) in [5.74, 6) is -0.158. The highest BCUT2D eigenvalue weighted by molar-refractivity contribution is 6.30. The number of halogens is 1. The number of rotatable bonds is 4. The minimum absolute atomic E-state index is 0.158. The molecule has 5 heteroatoms. The summed E-state index contributed by atoms with van der Waals surface area (Å²) < 4.78 is 0. The van der Waals surface area contributed by atoms with Gasteiger partial charge in [-0.05, 0) is 24.1 Å². The van der Waals surface area contributed by atoms with E-state index in [4.69, 9.17) is 11.6 Å². The molecule has 3 rings (SSSR count). The van der Waals surface area contributed by atoms with Crippen molar-refractivity contribution in [1.29, 1.82) is 0 Å². The topological polar surface area (TPSA) is 45.2 Å². The predicted molar refractivity (Wildman–Crippen MR) is 86.8 cm³/mol. The van der Waals surface area contributed by atoms with Crippen molar-refractivity contribution in [2.75, 3.05) is 13.1 Å². The molecule has 1 saturated heterocycles. The molecule has 22 heavy (non-hydrogen) atoms. The maximum atomic E-state index is 12.2. The van der Waals surface area contributed by atoms with Crippen molar-refractivity contribution in [2.45, 2.75) is 19.0 Å². The molecule has 1 aliphatic rings. The molecule has 1 N–H and O–H groups in total. The molecule has 0 unspecified atom stereocenters. The zero-order valence-corrected chi connectivity index (χ0v) is 13.0. The van der Waals surface area contributed by atoms with Crippen molar-refractivity contribution in [3.63, 3.8) is 0 Å². The van der Waals surface area contributed by atoms with E-state index in [1.807, 2.05) is 6.07 Å². The average Bonchev–Trinajstić information content (AvgIpc) is 2.95. The quantitative estimate of drug-likeness (QED) is 0.943. The van der Waals surface area contributed by atoms with Crippen LogP contribution < -0.4 is 5.32 Å². The van der Waals surface area contributed by atoms with Gasteiger partial charge in [-0.25, -0.2) is 0 Å². The van der Waals surface area contributed by atoms with Crippen LogP contribution in [0.25, 0.3) is 0 Å². The minimum Gasteiger partial charge on any atom is -0.347 e. The molecule has 1 amide bonds. The molecule has 2 heterocycles. The molecule has 0 aliphatic carbocycles. The number of pyridine rings is 1. The SMILES string of the molecule is O=C(N[C@H]1CCN(Cc2ccccc2)C1)c1cc(Cl)ccn1. The van der Waals surface area contributed by atoms with Crippen LogP contribution in [0.1, 0.15) is 22.5 Å². The molecule has 114 valence electrons. The van der Waals surface area contributed by atoms with E-state index in [-0.39, 0.29) is 11.9 Å². The van der Waals surface area contributed by atoms with Gasteiger partial charge in [0.2, 0.25) is 0 Å². The number of carbonyl (C=O) groups is 1. The number of hydrogen-bond acceptors (Lipinski definition) is 3. The van der Waals surface area contributed by atoms with Gasteiger partial charge in [-0.3, -0.25) is 14.7 Å². The third-order valence-electron chi connectivity index (χ3n) is 3.81. The van der Waals surface area contributed by atoms with E-state index in [9.17, 15) is 4.79 Å². The lowest BCUT2D eigenvalue weighted by Gasteiger charge is -2.16. The number of amides is 1. The minimum atomic E-state index is -0.158. The fourth-order valence-corrected chi connectivity index (χ4v) is 2.88. The molecular formula is C17H18ClN3O. The van der Waals surface area contributed by atoms with Crippen LogP contribution in [-0.2, 0) is 6.54 Å². The van der Waals surface area contributed by atoms with Gasteiger partial charge in [-0.15, -0.1) is 0 Å². The number of nitrogens with zero attached hydrogens (tertiary/aromatic N) is 2. The van der Waals surface area contributed by atoms with Crippen LogP contribution in [0.4, 0.5) is 0 Å². The number of nitrogens with one attached hydrogen (secondary N) is 1. The summed E-state index contributed by atoms with van der Waals surface area (Å²) in [5.41, 5.74) is 1.67. The summed E-state index contributed by atoms with van der Waals surface area (Å²) in [7, 11) is 0. The first-order valence-corrected chi connectivity index (χ1v) is 7.77. The van der Waals surface area contributed by atoms with E-state index in [0.29, 0.717) is 10.7 Å². The molecule has 1 aromatic carbocycles. The van der Waals surface area contributed by atoms with Gasteiger partial charge in [-0.2, -0.15) is 0 Å². The third kappa shape index (κ3) is 3.84. The Morgan fingerprint density at radius 1 is 1.32 bits per heavy atom. The number of hydrogen-bond donors (Lipinski definition) is 1. The number of carbonyl (C=O) groups excluding carboxylic acids is 1. The van der Waals surface area contributed by atoms with Gasteiger partial charge in [0, 0.05) is 36.9 Å². The number of likely N-dealkylation sites (tertiary alicyclic amines) is 1. The Bertz CT molecular complexity index is 647. The first-order chi connectivity index (χ1) is 10.7. The van der Waals surface area contributed by atoms with E-state index < -0.39 is 0 Å². The van der Waals surface area contributed by atoms with Crippen LogP contribution in [0.15, 0.2) is 48.7 Å². The number of benzene rings is 1. The van der Waals surface area contributed by atoms with Crippen LogP contribution in [0, 0.1) is 0 Å². The van der Waals surface area contributed by atoms with Crippen molar-refractivity contribution >= 4 is 17.5 Å². The van der Waals surface area contributed by atoms with Crippen molar-refractivity contribution in [3.8, 4) is 0 Å². The van der Waals surface area contributed by atoms with E-state index in [1.165, 1.54) is 5.56 Å². The largest absolute Gasteiger partial charge is 0.347 e.